The minimum absolute atomic E-state index is 0.378. The van der Waals surface area contributed by atoms with Crippen molar-refractivity contribution in [3.8, 4) is 0 Å². The van der Waals surface area contributed by atoms with Gasteiger partial charge in [-0.25, -0.2) is 9.59 Å². The Morgan fingerprint density at radius 1 is 1.62 bits per heavy atom. The van der Waals surface area contributed by atoms with Crippen LogP contribution >= 0.6 is 11.3 Å². The van der Waals surface area contributed by atoms with E-state index < -0.39 is 18.0 Å². The second-order valence-electron chi connectivity index (χ2n) is 3.32. The molecule has 1 heterocycles. The summed E-state index contributed by atoms with van der Waals surface area (Å²) in [7, 11) is 1.48. The van der Waals surface area contributed by atoms with Crippen molar-refractivity contribution < 1.29 is 14.7 Å². The van der Waals surface area contributed by atoms with Crippen LogP contribution in [0.15, 0.2) is 16.8 Å². The van der Waals surface area contributed by atoms with Gasteiger partial charge >= 0.3 is 12.0 Å². The standard InChI is InChI=1S/C10H14N2O3S/c1-3-8(9(13)14)12(2)10(15)11-7-4-5-16-6-7/h4-6,8H,3H2,1-2H3,(H,11,15)(H,13,14). The number of amides is 2. The molecule has 0 saturated heterocycles. The molecule has 1 rings (SSSR count). The van der Waals surface area contributed by atoms with Crippen molar-refractivity contribution in [2.45, 2.75) is 19.4 Å². The second kappa shape index (κ2) is 5.50. The Labute approximate surface area is 97.7 Å². The SMILES string of the molecule is CCC(C(=O)O)N(C)C(=O)Nc1ccsc1. The Bertz CT molecular complexity index is 364. The third kappa shape index (κ3) is 2.96. The fraction of sp³-hybridized carbons (Fsp3) is 0.400. The largest absolute Gasteiger partial charge is 0.480 e. The lowest BCUT2D eigenvalue weighted by atomic mass is 10.2. The number of carboxylic acid groups (broad SMARTS) is 1. The molecule has 0 aromatic carbocycles. The number of aliphatic carboxylic acids is 1. The Kier molecular flexibility index (Phi) is 4.30. The molecule has 1 aromatic heterocycles. The van der Waals surface area contributed by atoms with Crippen LogP contribution in [0.4, 0.5) is 10.5 Å². The minimum atomic E-state index is -0.995. The lowest BCUT2D eigenvalue weighted by Crippen LogP contribution is -2.44. The van der Waals surface area contributed by atoms with Crippen LogP contribution in [-0.4, -0.2) is 35.1 Å². The third-order valence-corrected chi connectivity index (χ3v) is 2.92. The number of likely N-dealkylation sites (N-methyl/N-ethyl adjacent to an activating group) is 1. The molecule has 6 heteroatoms. The van der Waals surface area contributed by atoms with Gasteiger partial charge in [-0.15, -0.1) is 0 Å². The summed E-state index contributed by atoms with van der Waals surface area (Å²) >= 11 is 1.46. The highest BCUT2D eigenvalue weighted by molar-refractivity contribution is 7.08. The molecule has 2 N–H and O–H groups in total. The molecule has 1 unspecified atom stereocenters. The summed E-state index contributed by atoms with van der Waals surface area (Å²) in [5.41, 5.74) is 0.682. The summed E-state index contributed by atoms with van der Waals surface area (Å²) in [6, 6.07) is 0.560. The molecule has 0 bridgehead atoms. The molecule has 0 saturated carbocycles. The van der Waals surface area contributed by atoms with E-state index in [1.807, 2.05) is 5.38 Å². The zero-order valence-electron chi connectivity index (χ0n) is 9.14. The maximum atomic E-state index is 11.7. The highest BCUT2D eigenvalue weighted by Gasteiger charge is 2.24. The summed E-state index contributed by atoms with van der Waals surface area (Å²) in [5.74, 6) is -0.995. The molecular weight excluding hydrogens is 228 g/mol. The molecule has 0 aliphatic carbocycles. The normalized spacial score (nSPS) is 11.9. The van der Waals surface area contributed by atoms with E-state index in [4.69, 9.17) is 5.11 Å². The van der Waals surface area contributed by atoms with Gasteiger partial charge < -0.3 is 15.3 Å². The number of carboxylic acids is 1. The van der Waals surface area contributed by atoms with Gasteiger partial charge in [0.1, 0.15) is 6.04 Å². The van der Waals surface area contributed by atoms with Crippen molar-refractivity contribution in [2.24, 2.45) is 0 Å². The number of urea groups is 1. The second-order valence-corrected chi connectivity index (χ2v) is 4.10. The predicted molar refractivity (Wildman–Crippen MR) is 62.8 cm³/mol. The van der Waals surface area contributed by atoms with Crippen LogP contribution in [0.3, 0.4) is 0 Å². The van der Waals surface area contributed by atoms with Gasteiger partial charge in [-0.1, -0.05) is 6.92 Å². The number of rotatable bonds is 4. The highest BCUT2D eigenvalue weighted by atomic mass is 32.1. The Morgan fingerprint density at radius 3 is 2.75 bits per heavy atom. The zero-order valence-corrected chi connectivity index (χ0v) is 9.95. The molecule has 1 atom stereocenters. The molecular formula is C10H14N2O3S. The molecule has 1 aromatic rings. The van der Waals surface area contributed by atoms with E-state index in [1.165, 1.54) is 23.3 Å². The minimum Gasteiger partial charge on any atom is -0.480 e. The summed E-state index contributed by atoms with van der Waals surface area (Å²) in [6.45, 7) is 1.73. The molecule has 0 aliphatic heterocycles. The summed E-state index contributed by atoms with van der Waals surface area (Å²) in [4.78, 5) is 23.7. The predicted octanol–water partition coefficient (Wildman–Crippen LogP) is 2.08. The number of anilines is 1. The van der Waals surface area contributed by atoms with Crippen LogP contribution in [0, 0.1) is 0 Å². The molecule has 0 aliphatic rings. The zero-order chi connectivity index (χ0) is 12.1. The molecule has 2 amide bonds. The van der Waals surface area contributed by atoms with Crippen LogP contribution in [0.5, 0.6) is 0 Å². The monoisotopic (exact) mass is 242 g/mol. The fourth-order valence-corrected chi connectivity index (χ4v) is 1.89. The first-order chi connectivity index (χ1) is 7.56. The number of thiophene rings is 1. The van der Waals surface area contributed by atoms with E-state index >= 15 is 0 Å². The van der Waals surface area contributed by atoms with Gasteiger partial charge in [0.15, 0.2) is 0 Å². The van der Waals surface area contributed by atoms with Crippen molar-refractivity contribution in [3.63, 3.8) is 0 Å². The first-order valence-corrected chi connectivity index (χ1v) is 5.79. The lowest BCUT2D eigenvalue weighted by Gasteiger charge is -2.23. The Balaban J connectivity index is 2.62. The number of carbonyl (C=O) groups is 2. The van der Waals surface area contributed by atoms with Gasteiger partial charge in [-0.05, 0) is 17.9 Å². The van der Waals surface area contributed by atoms with E-state index in [1.54, 1.807) is 18.4 Å². The fourth-order valence-electron chi connectivity index (χ4n) is 1.30. The molecule has 88 valence electrons. The molecule has 16 heavy (non-hydrogen) atoms. The number of nitrogens with one attached hydrogen (secondary N) is 1. The van der Waals surface area contributed by atoms with Crippen molar-refractivity contribution in [1.82, 2.24) is 4.90 Å². The number of carbonyl (C=O) groups excluding carboxylic acids is 1. The van der Waals surface area contributed by atoms with E-state index in [2.05, 4.69) is 5.32 Å². The van der Waals surface area contributed by atoms with Crippen LogP contribution in [0.1, 0.15) is 13.3 Å². The third-order valence-electron chi connectivity index (χ3n) is 2.23. The average Bonchev–Trinajstić information content (AvgIpc) is 2.70. The van der Waals surface area contributed by atoms with Crippen LogP contribution < -0.4 is 5.32 Å². The smallest absolute Gasteiger partial charge is 0.326 e. The van der Waals surface area contributed by atoms with Gasteiger partial charge in [-0.2, -0.15) is 11.3 Å². The Morgan fingerprint density at radius 2 is 2.31 bits per heavy atom. The topological polar surface area (TPSA) is 69.6 Å². The van der Waals surface area contributed by atoms with Crippen molar-refractivity contribution in [2.75, 3.05) is 12.4 Å². The van der Waals surface area contributed by atoms with Gasteiger partial charge in [0.05, 0.1) is 5.69 Å². The summed E-state index contributed by atoms with van der Waals surface area (Å²) in [6.07, 6.45) is 0.378. The van der Waals surface area contributed by atoms with Crippen molar-refractivity contribution in [1.29, 1.82) is 0 Å². The van der Waals surface area contributed by atoms with E-state index in [-0.39, 0.29) is 0 Å². The van der Waals surface area contributed by atoms with Crippen LogP contribution in [0.25, 0.3) is 0 Å². The van der Waals surface area contributed by atoms with E-state index in [0.717, 1.165) is 0 Å². The lowest BCUT2D eigenvalue weighted by molar-refractivity contribution is -0.141. The molecule has 5 nitrogen and oxygen atoms in total. The van der Waals surface area contributed by atoms with Gasteiger partial charge in [0.25, 0.3) is 0 Å². The highest BCUT2D eigenvalue weighted by Crippen LogP contribution is 2.13. The van der Waals surface area contributed by atoms with Crippen LogP contribution in [-0.2, 0) is 4.79 Å². The summed E-state index contributed by atoms with van der Waals surface area (Å²) in [5, 5.41) is 15.1. The van der Waals surface area contributed by atoms with E-state index in [9.17, 15) is 9.59 Å². The van der Waals surface area contributed by atoms with Crippen molar-refractivity contribution >= 4 is 29.0 Å². The van der Waals surface area contributed by atoms with Gasteiger partial charge in [-0.3, -0.25) is 0 Å². The molecule has 0 fully saturated rings. The first-order valence-electron chi connectivity index (χ1n) is 4.85. The van der Waals surface area contributed by atoms with Gasteiger partial charge in [0, 0.05) is 12.4 Å². The number of hydrogen-bond acceptors (Lipinski definition) is 3. The molecule has 0 spiro atoms. The Hall–Kier alpha value is -1.56. The quantitative estimate of drug-likeness (QED) is 0.849. The van der Waals surface area contributed by atoms with E-state index in [0.29, 0.717) is 12.1 Å². The van der Waals surface area contributed by atoms with Gasteiger partial charge in [0.2, 0.25) is 0 Å². The maximum Gasteiger partial charge on any atom is 0.326 e. The van der Waals surface area contributed by atoms with Crippen molar-refractivity contribution in [3.05, 3.63) is 16.8 Å². The maximum absolute atomic E-state index is 11.7. The summed E-state index contributed by atoms with van der Waals surface area (Å²) < 4.78 is 0. The molecule has 0 radical (unpaired) electrons. The first kappa shape index (κ1) is 12.5. The van der Waals surface area contributed by atoms with Crippen LogP contribution in [0.2, 0.25) is 0 Å². The average molecular weight is 242 g/mol. The number of hydrogen-bond donors (Lipinski definition) is 2. The number of nitrogens with zero attached hydrogens (tertiary/aromatic N) is 1.